The van der Waals surface area contributed by atoms with E-state index in [1.807, 2.05) is 6.08 Å². The summed E-state index contributed by atoms with van der Waals surface area (Å²) < 4.78 is 56.3. The normalized spacial score (nSPS) is 21.6. The van der Waals surface area contributed by atoms with E-state index < -0.39 is 24.3 Å². The van der Waals surface area contributed by atoms with Crippen LogP contribution >= 0.6 is 0 Å². The van der Waals surface area contributed by atoms with Crippen LogP contribution in [0, 0.1) is 11.7 Å². The molecule has 1 fully saturated rings. The number of rotatable bonds is 4. The van der Waals surface area contributed by atoms with E-state index in [1.165, 1.54) is 35.2 Å². The molecule has 2 aromatic rings. The summed E-state index contributed by atoms with van der Waals surface area (Å²) in [6.45, 7) is 0.284. The monoisotopic (exact) mass is 461 g/mol. The smallest absolute Gasteiger partial charge is 0.405 e. The van der Waals surface area contributed by atoms with Crippen molar-refractivity contribution in [1.29, 1.82) is 0 Å². The summed E-state index contributed by atoms with van der Waals surface area (Å²) in [6, 6.07) is 9.01. The molecule has 2 heterocycles. The Morgan fingerprint density at radius 3 is 2.73 bits per heavy atom. The van der Waals surface area contributed by atoms with Crippen LogP contribution in [0.2, 0.25) is 0 Å². The summed E-state index contributed by atoms with van der Waals surface area (Å²) in [5.74, 6) is -1.07. The highest BCUT2D eigenvalue weighted by molar-refractivity contribution is 5.95. The van der Waals surface area contributed by atoms with Crippen LogP contribution in [-0.2, 0) is 11.3 Å². The molecule has 0 saturated carbocycles. The Labute approximate surface area is 186 Å². The molecule has 0 radical (unpaired) electrons. The van der Waals surface area contributed by atoms with Gasteiger partial charge in [0.15, 0.2) is 0 Å². The second kappa shape index (κ2) is 7.79. The largest absolute Gasteiger partial charge is 0.573 e. The third-order valence-electron chi connectivity index (χ3n) is 6.14. The van der Waals surface area contributed by atoms with Gasteiger partial charge in [-0.25, -0.2) is 9.18 Å². The Kier molecular flexibility index (Phi) is 5.02. The number of hydrogen-bond donors (Lipinski definition) is 1. The first-order chi connectivity index (χ1) is 15.7. The fraction of sp³-hybridized carbons (Fsp3) is 0.304. The molecule has 1 saturated heterocycles. The van der Waals surface area contributed by atoms with Crippen LogP contribution < -0.4 is 10.1 Å². The van der Waals surface area contributed by atoms with E-state index >= 15 is 0 Å². The molecule has 1 N–H and O–H groups in total. The number of amides is 3. The third-order valence-corrected chi connectivity index (χ3v) is 6.14. The molecule has 172 valence electrons. The summed E-state index contributed by atoms with van der Waals surface area (Å²) in [5, 5.41) is 2.65. The van der Waals surface area contributed by atoms with Crippen LogP contribution in [0.5, 0.6) is 5.75 Å². The van der Waals surface area contributed by atoms with Gasteiger partial charge >= 0.3 is 12.4 Å². The lowest BCUT2D eigenvalue weighted by Crippen LogP contribution is -2.48. The van der Waals surface area contributed by atoms with Gasteiger partial charge in [0.25, 0.3) is 0 Å². The average molecular weight is 461 g/mol. The Morgan fingerprint density at radius 2 is 1.97 bits per heavy atom. The number of carbonyl (C=O) groups is 2. The van der Waals surface area contributed by atoms with Crippen molar-refractivity contribution in [2.45, 2.75) is 25.4 Å². The van der Waals surface area contributed by atoms with Gasteiger partial charge in [0.1, 0.15) is 18.1 Å². The lowest BCUT2D eigenvalue weighted by molar-refractivity contribution is -0.274. The average Bonchev–Trinajstić information content (AvgIpc) is 3.35. The van der Waals surface area contributed by atoms with Gasteiger partial charge in [-0.3, -0.25) is 4.79 Å². The lowest BCUT2D eigenvalue weighted by Gasteiger charge is -2.33. The summed E-state index contributed by atoms with van der Waals surface area (Å²) in [4.78, 5) is 28.4. The maximum Gasteiger partial charge on any atom is 0.573 e. The Bertz CT molecular complexity index is 1160. The van der Waals surface area contributed by atoms with E-state index in [4.69, 9.17) is 0 Å². The van der Waals surface area contributed by atoms with Crippen LogP contribution in [0.4, 0.5) is 28.0 Å². The highest BCUT2D eigenvalue weighted by Gasteiger charge is 2.44. The first-order valence-corrected chi connectivity index (χ1v) is 10.4. The zero-order valence-corrected chi connectivity index (χ0v) is 17.2. The molecular formula is C23H19F4N3O3. The Hall–Kier alpha value is -3.56. The van der Waals surface area contributed by atoms with Crippen LogP contribution in [0.1, 0.15) is 17.5 Å². The molecule has 2 aromatic carbocycles. The topological polar surface area (TPSA) is 61.9 Å². The molecule has 2 atom stereocenters. The number of hydrogen-bond acceptors (Lipinski definition) is 3. The maximum atomic E-state index is 13.6. The van der Waals surface area contributed by atoms with Crippen LogP contribution in [0.15, 0.2) is 48.5 Å². The number of likely N-dealkylation sites (tertiary alicyclic amines) is 1. The zero-order valence-electron chi connectivity index (χ0n) is 17.2. The quantitative estimate of drug-likeness (QED) is 0.688. The second-order valence-corrected chi connectivity index (χ2v) is 8.31. The van der Waals surface area contributed by atoms with Gasteiger partial charge in [-0.15, -0.1) is 13.2 Å². The molecule has 3 aliphatic rings. The van der Waals surface area contributed by atoms with Crippen LogP contribution in [-0.4, -0.2) is 47.2 Å². The van der Waals surface area contributed by atoms with E-state index in [0.29, 0.717) is 35.4 Å². The van der Waals surface area contributed by atoms with E-state index in [9.17, 15) is 27.2 Å². The van der Waals surface area contributed by atoms with Gasteiger partial charge in [0.05, 0.1) is 12.6 Å². The summed E-state index contributed by atoms with van der Waals surface area (Å²) in [5.41, 5.74) is 1.95. The van der Waals surface area contributed by atoms with Gasteiger partial charge in [0.2, 0.25) is 5.91 Å². The molecule has 0 aromatic heterocycles. The fourth-order valence-electron chi connectivity index (χ4n) is 4.78. The SMILES string of the molecule is O=C1Nc2ccc(F)cc2CN1CC(=O)N1C[C@@H]2C=C(c3ccccc3OC(F)(F)F)[C@H]1C2. The number of carbonyl (C=O) groups excluding carboxylic acids is 2. The Morgan fingerprint density at radius 1 is 1.18 bits per heavy atom. The highest BCUT2D eigenvalue weighted by Crippen LogP contribution is 2.45. The van der Waals surface area contributed by atoms with Gasteiger partial charge in [0, 0.05) is 17.8 Å². The number of nitrogens with zero attached hydrogens (tertiary/aromatic N) is 2. The van der Waals surface area contributed by atoms with Gasteiger partial charge < -0.3 is 19.9 Å². The standard InChI is InChI=1S/C23H19F4N3O3/c24-15-5-6-18-14(9-15)11-29(22(32)28-18)12-21(31)30-10-13-7-17(19(30)8-13)16-3-1-2-4-20(16)33-23(25,26)27/h1-7,9,13,19H,8,10-12H2,(H,28,32)/t13-,19-/m1/s1. The number of urea groups is 1. The first-order valence-electron chi connectivity index (χ1n) is 10.4. The van der Waals surface area contributed by atoms with Crippen molar-refractivity contribution in [1.82, 2.24) is 9.80 Å². The Balaban J connectivity index is 1.33. The van der Waals surface area contributed by atoms with Gasteiger partial charge in [-0.2, -0.15) is 0 Å². The first kappa shape index (κ1) is 21.3. The predicted octanol–water partition coefficient (Wildman–Crippen LogP) is 4.39. The molecule has 1 aliphatic carbocycles. The van der Waals surface area contributed by atoms with E-state index in [1.54, 1.807) is 17.0 Å². The number of alkyl halides is 3. The molecule has 0 unspecified atom stereocenters. The lowest BCUT2D eigenvalue weighted by atomic mass is 9.99. The zero-order chi connectivity index (χ0) is 23.3. The maximum absolute atomic E-state index is 13.6. The molecule has 3 amide bonds. The molecule has 2 aliphatic heterocycles. The minimum atomic E-state index is -4.83. The van der Waals surface area contributed by atoms with Crippen molar-refractivity contribution in [3.05, 3.63) is 65.5 Å². The van der Waals surface area contributed by atoms with Crippen molar-refractivity contribution in [3.8, 4) is 5.75 Å². The molecule has 6 nitrogen and oxygen atoms in total. The van der Waals surface area contributed by atoms with Gasteiger partial charge in [-0.1, -0.05) is 24.3 Å². The number of nitrogens with one attached hydrogen (secondary N) is 1. The molecule has 5 rings (SSSR count). The van der Waals surface area contributed by atoms with E-state index in [-0.39, 0.29) is 30.7 Å². The predicted molar refractivity (Wildman–Crippen MR) is 111 cm³/mol. The summed E-state index contributed by atoms with van der Waals surface area (Å²) in [7, 11) is 0. The number of ether oxygens (including phenoxy) is 1. The summed E-state index contributed by atoms with van der Waals surface area (Å²) >= 11 is 0. The molecule has 33 heavy (non-hydrogen) atoms. The minimum absolute atomic E-state index is 0.0119. The minimum Gasteiger partial charge on any atom is -0.405 e. The van der Waals surface area contributed by atoms with E-state index in [0.717, 1.165) is 0 Å². The molecule has 0 spiro atoms. The molecular weight excluding hydrogens is 442 g/mol. The fourth-order valence-corrected chi connectivity index (χ4v) is 4.78. The van der Waals surface area contributed by atoms with Crippen molar-refractivity contribution in [3.63, 3.8) is 0 Å². The van der Waals surface area contributed by atoms with Crippen molar-refractivity contribution >= 4 is 23.2 Å². The number of anilines is 1. The van der Waals surface area contributed by atoms with Crippen molar-refractivity contribution < 1.29 is 31.9 Å². The molecule has 2 bridgehead atoms. The van der Waals surface area contributed by atoms with Crippen LogP contribution in [0.3, 0.4) is 0 Å². The number of fused-ring (bicyclic) bond motifs is 3. The van der Waals surface area contributed by atoms with Gasteiger partial charge in [-0.05, 0) is 47.7 Å². The van der Waals surface area contributed by atoms with E-state index in [2.05, 4.69) is 10.1 Å². The number of benzene rings is 2. The van der Waals surface area contributed by atoms with Crippen molar-refractivity contribution in [2.75, 3.05) is 18.4 Å². The summed E-state index contributed by atoms with van der Waals surface area (Å²) in [6.07, 6.45) is -2.34. The number of para-hydroxylation sites is 1. The highest BCUT2D eigenvalue weighted by atomic mass is 19.4. The van der Waals surface area contributed by atoms with Crippen molar-refractivity contribution in [2.24, 2.45) is 5.92 Å². The molecule has 10 heteroatoms. The van der Waals surface area contributed by atoms with Crippen LogP contribution in [0.25, 0.3) is 5.57 Å². The third kappa shape index (κ3) is 4.12. The number of halogens is 4. The second-order valence-electron chi connectivity index (χ2n) is 8.31.